The molecule has 3 nitrogen and oxygen atoms in total. The molecule has 1 rings (SSSR count). The second kappa shape index (κ2) is 1.02. The van der Waals surface area contributed by atoms with Crippen LogP contribution in [0.2, 0.25) is 0 Å². The Bertz CT molecular complexity index is 85.4. The van der Waals surface area contributed by atoms with Crippen molar-refractivity contribution >= 4 is 20.0 Å². The average Bonchev–Trinajstić information content (AvgIpc) is 1.33. The molecule has 0 amide bonds. The molecule has 4 heteroatoms. The summed E-state index contributed by atoms with van der Waals surface area (Å²) < 4.78 is 3.87. The summed E-state index contributed by atoms with van der Waals surface area (Å²) in [5.41, 5.74) is -0.778. The molecule has 6 heavy (non-hydrogen) atoms. The van der Waals surface area contributed by atoms with E-state index < -0.39 is 0 Å². The fraction of sp³-hybridized carbons (Fsp3) is 0. The SMILES string of the molecule is O=C1OC(=O)P1. The molecule has 0 aromatic carbocycles. The Labute approximate surface area is 35.4 Å². The Hall–Kier alpha value is -0.430. The Morgan fingerprint density at radius 1 is 1.33 bits per heavy atom. The van der Waals surface area contributed by atoms with Gasteiger partial charge in [-0.05, 0) is 0 Å². The number of carbonyl (C=O) groups is 2. The van der Waals surface area contributed by atoms with Crippen molar-refractivity contribution in [2.75, 3.05) is 0 Å². The number of hydrogen-bond donors (Lipinski definition) is 0. The second-order valence-electron chi connectivity index (χ2n) is 0.802. The minimum absolute atomic E-state index is 0.231. The highest BCUT2D eigenvalue weighted by molar-refractivity contribution is 7.76. The van der Waals surface area contributed by atoms with Gasteiger partial charge >= 0.3 is 11.4 Å². The van der Waals surface area contributed by atoms with E-state index >= 15 is 0 Å². The third-order valence-corrected chi connectivity index (χ3v) is 1.00. The van der Waals surface area contributed by atoms with Crippen molar-refractivity contribution in [3.63, 3.8) is 0 Å². The maximum absolute atomic E-state index is 9.68. The first-order valence-corrected chi connectivity index (χ1v) is 2.32. The topological polar surface area (TPSA) is 43.4 Å². The molecule has 0 aromatic rings. The van der Waals surface area contributed by atoms with Gasteiger partial charge in [0.05, 0.1) is 0 Å². The normalized spacial score (nSPS) is 19.3. The first-order valence-electron chi connectivity index (χ1n) is 1.32. The third kappa shape index (κ3) is 0.411. The largest absolute Gasteiger partial charge is 0.386 e. The van der Waals surface area contributed by atoms with E-state index in [4.69, 9.17) is 0 Å². The van der Waals surface area contributed by atoms with E-state index in [2.05, 4.69) is 4.74 Å². The fourth-order valence-electron chi connectivity index (χ4n) is 0.172. The van der Waals surface area contributed by atoms with Crippen LogP contribution in [0, 0.1) is 0 Å². The third-order valence-electron chi connectivity index (χ3n) is 0.390. The van der Waals surface area contributed by atoms with Gasteiger partial charge in [0.2, 0.25) is 0 Å². The Morgan fingerprint density at radius 2 is 1.67 bits per heavy atom. The van der Waals surface area contributed by atoms with Crippen molar-refractivity contribution in [1.29, 1.82) is 0 Å². The fourth-order valence-corrected chi connectivity index (χ4v) is 0.483. The maximum Gasteiger partial charge on any atom is 0.342 e. The van der Waals surface area contributed by atoms with Gasteiger partial charge in [0.15, 0.2) is 0 Å². The lowest BCUT2D eigenvalue weighted by Gasteiger charge is -2.05. The molecule has 0 unspecified atom stereocenters. The van der Waals surface area contributed by atoms with Gasteiger partial charge in [0.1, 0.15) is 8.58 Å². The van der Waals surface area contributed by atoms with Crippen molar-refractivity contribution in [3.05, 3.63) is 0 Å². The highest BCUT2D eigenvalue weighted by Crippen LogP contribution is 2.27. The summed E-state index contributed by atoms with van der Waals surface area (Å²) in [4.78, 5) is 19.4. The molecule has 1 heterocycles. The number of rotatable bonds is 0. The van der Waals surface area contributed by atoms with Crippen LogP contribution in [0.1, 0.15) is 0 Å². The summed E-state index contributed by atoms with van der Waals surface area (Å²) in [6.07, 6.45) is 0. The average molecular weight is 104 g/mol. The second-order valence-corrected chi connectivity index (χ2v) is 1.87. The van der Waals surface area contributed by atoms with Gasteiger partial charge in [0, 0.05) is 0 Å². The molecule has 0 atom stereocenters. The summed E-state index contributed by atoms with van der Waals surface area (Å²) in [5.74, 6) is 0. The summed E-state index contributed by atoms with van der Waals surface area (Å²) in [6, 6.07) is 0. The molecule has 1 fully saturated rings. The molecule has 0 saturated carbocycles. The van der Waals surface area contributed by atoms with Crippen molar-refractivity contribution in [2.45, 2.75) is 0 Å². The number of ether oxygens (including phenoxy) is 1. The highest BCUT2D eigenvalue weighted by Gasteiger charge is 2.24. The van der Waals surface area contributed by atoms with E-state index in [0.717, 1.165) is 0 Å². The van der Waals surface area contributed by atoms with Gasteiger partial charge in [-0.3, -0.25) is 0 Å². The Balaban J connectivity index is 2.47. The van der Waals surface area contributed by atoms with E-state index in [9.17, 15) is 9.59 Å². The number of carbonyl (C=O) groups excluding carboxylic acids is 2. The monoisotopic (exact) mass is 104 g/mol. The predicted octanol–water partition coefficient (Wildman–Crippen LogP) is 0.935. The molecule has 0 radical (unpaired) electrons. The van der Waals surface area contributed by atoms with Crippen LogP contribution in [0.15, 0.2) is 0 Å². The van der Waals surface area contributed by atoms with Crippen LogP contribution in [0.5, 0.6) is 0 Å². The van der Waals surface area contributed by atoms with Crippen LogP contribution in [-0.4, -0.2) is 11.4 Å². The molecular weight excluding hydrogens is 103 g/mol. The van der Waals surface area contributed by atoms with Gasteiger partial charge in [-0.25, -0.2) is 9.59 Å². The molecule has 0 aliphatic carbocycles. The minimum atomic E-state index is -0.389. The van der Waals surface area contributed by atoms with Crippen LogP contribution >= 0.6 is 8.58 Å². The van der Waals surface area contributed by atoms with Crippen LogP contribution in [0.25, 0.3) is 0 Å². The molecule has 0 aromatic heterocycles. The Morgan fingerprint density at radius 3 is 1.67 bits per heavy atom. The Kier molecular flexibility index (Phi) is 0.635. The van der Waals surface area contributed by atoms with E-state index in [1.807, 2.05) is 0 Å². The van der Waals surface area contributed by atoms with Gasteiger partial charge in [0.25, 0.3) is 0 Å². The van der Waals surface area contributed by atoms with Crippen molar-refractivity contribution in [3.8, 4) is 0 Å². The van der Waals surface area contributed by atoms with Crippen LogP contribution in [0.4, 0.5) is 9.59 Å². The molecular formula is C2HO3P. The smallest absolute Gasteiger partial charge is 0.342 e. The number of cyclic esters (lactones) is 2. The molecule has 1 saturated heterocycles. The van der Waals surface area contributed by atoms with Crippen molar-refractivity contribution < 1.29 is 14.3 Å². The minimum Gasteiger partial charge on any atom is -0.386 e. The first-order chi connectivity index (χ1) is 2.79. The lowest BCUT2D eigenvalue weighted by molar-refractivity contribution is 0.177. The quantitative estimate of drug-likeness (QED) is 0.339. The standard InChI is InChI=1S/C2HO3P/c3-1-5-2(4)6-1/h6H. The summed E-state index contributed by atoms with van der Waals surface area (Å²) >= 11 is 0. The van der Waals surface area contributed by atoms with Gasteiger partial charge in [-0.15, -0.1) is 0 Å². The lowest BCUT2D eigenvalue weighted by Crippen LogP contribution is -2.12. The van der Waals surface area contributed by atoms with Crippen LogP contribution < -0.4 is 0 Å². The summed E-state index contributed by atoms with van der Waals surface area (Å²) in [7, 11) is -0.231. The summed E-state index contributed by atoms with van der Waals surface area (Å²) in [6.45, 7) is 0. The first kappa shape index (κ1) is 3.75. The van der Waals surface area contributed by atoms with Crippen molar-refractivity contribution in [2.24, 2.45) is 0 Å². The zero-order valence-electron chi connectivity index (χ0n) is 2.72. The van der Waals surface area contributed by atoms with Crippen LogP contribution in [-0.2, 0) is 4.74 Å². The van der Waals surface area contributed by atoms with Gasteiger partial charge in [-0.2, -0.15) is 0 Å². The maximum atomic E-state index is 9.68. The molecule has 0 N–H and O–H groups in total. The predicted molar refractivity (Wildman–Crippen MR) is 20.2 cm³/mol. The zero-order valence-corrected chi connectivity index (χ0v) is 3.72. The molecule has 1 aliphatic rings. The molecule has 0 spiro atoms. The molecule has 32 valence electrons. The lowest BCUT2D eigenvalue weighted by atomic mass is 11.4. The molecule has 0 bridgehead atoms. The van der Waals surface area contributed by atoms with Crippen LogP contribution in [0.3, 0.4) is 0 Å². The zero-order chi connectivity index (χ0) is 4.57. The van der Waals surface area contributed by atoms with Gasteiger partial charge in [-0.1, -0.05) is 0 Å². The van der Waals surface area contributed by atoms with E-state index in [1.165, 1.54) is 0 Å². The van der Waals surface area contributed by atoms with Crippen molar-refractivity contribution in [1.82, 2.24) is 0 Å². The van der Waals surface area contributed by atoms with E-state index in [-0.39, 0.29) is 20.0 Å². The summed E-state index contributed by atoms with van der Waals surface area (Å²) in [5, 5.41) is 0. The van der Waals surface area contributed by atoms with E-state index in [1.54, 1.807) is 0 Å². The molecule has 1 aliphatic heterocycles. The van der Waals surface area contributed by atoms with E-state index in [0.29, 0.717) is 0 Å². The van der Waals surface area contributed by atoms with Gasteiger partial charge < -0.3 is 4.74 Å². The highest BCUT2D eigenvalue weighted by atomic mass is 31.1. The number of hydrogen-bond acceptors (Lipinski definition) is 3.